The highest BCUT2D eigenvalue weighted by molar-refractivity contribution is 6.03. The molecule has 0 amide bonds. The topological polar surface area (TPSA) is 58.2 Å². The van der Waals surface area contributed by atoms with Gasteiger partial charge in [-0.25, -0.2) is 0 Å². The number of rotatable bonds is 0. The Labute approximate surface area is 169 Å². The van der Waals surface area contributed by atoms with Gasteiger partial charge in [0.15, 0.2) is 11.6 Å². The summed E-state index contributed by atoms with van der Waals surface area (Å²) in [7, 11) is 0. The molecule has 5 heterocycles. The standard InChI is InChI=1S/C24H36N2O2/c27-19-9-14-21-10-5-1-2-7-12-23(25-21,16-15-21)20(28)24-13-8-4-3-6-11-22(19,26-24)17-18-24/h9,14,25-26H,1-8,10-13,15-18H2/b14-9-. The summed E-state index contributed by atoms with van der Waals surface area (Å²) in [6.07, 6.45) is 20.8. The van der Waals surface area contributed by atoms with E-state index in [0.717, 1.165) is 70.6 Å². The highest BCUT2D eigenvalue weighted by atomic mass is 16.1. The zero-order valence-electron chi connectivity index (χ0n) is 17.3. The van der Waals surface area contributed by atoms with Crippen LogP contribution in [0.15, 0.2) is 12.2 Å². The molecule has 4 nitrogen and oxygen atoms in total. The van der Waals surface area contributed by atoms with Gasteiger partial charge in [0.2, 0.25) is 0 Å². The zero-order valence-corrected chi connectivity index (χ0v) is 17.3. The van der Waals surface area contributed by atoms with E-state index < -0.39 is 16.6 Å². The van der Waals surface area contributed by atoms with Crippen LogP contribution in [0.1, 0.15) is 103 Å². The first-order chi connectivity index (χ1) is 13.5. The molecule has 154 valence electrons. The highest BCUT2D eigenvalue weighted by Crippen LogP contribution is 2.48. The van der Waals surface area contributed by atoms with Gasteiger partial charge in [0.1, 0.15) is 0 Å². The van der Waals surface area contributed by atoms with Gasteiger partial charge in [-0.2, -0.15) is 0 Å². The van der Waals surface area contributed by atoms with E-state index in [1.807, 2.05) is 6.08 Å². The molecule has 4 unspecified atom stereocenters. The molecule has 4 fully saturated rings. The summed E-state index contributed by atoms with van der Waals surface area (Å²) in [4.78, 5) is 27.8. The fraction of sp³-hybridized carbons (Fsp3) is 0.833. The molecule has 5 aliphatic heterocycles. The number of ketones is 2. The van der Waals surface area contributed by atoms with E-state index in [0.29, 0.717) is 5.78 Å². The van der Waals surface area contributed by atoms with Gasteiger partial charge in [-0.3, -0.25) is 20.2 Å². The normalized spacial score (nSPS) is 47.9. The Balaban J connectivity index is 1.65. The van der Waals surface area contributed by atoms with Gasteiger partial charge in [0, 0.05) is 5.54 Å². The Morgan fingerprint density at radius 1 is 0.571 bits per heavy atom. The minimum atomic E-state index is -0.504. The summed E-state index contributed by atoms with van der Waals surface area (Å²) in [6.45, 7) is 0. The van der Waals surface area contributed by atoms with Gasteiger partial charge in [-0.05, 0) is 57.4 Å². The Morgan fingerprint density at radius 3 is 1.82 bits per heavy atom. The maximum atomic E-state index is 14.3. The molecular weight excluding hydrogens is 348 g/mol. The lowest BCUT2D eigenvalue weighted by atomic mass is 9.73. The SMILES string of the molecule is O=C1/C=C\C23CCCCCCC(CC2)(N3)C(=O)C23CCCCCCC1(CC2)N3. The Kier molecular flexibility index (Phi) is 4.59. The molecule has 0 saturated carbocycles. The summed E-state index contributed by atoms with van der Waals surface area (Å²) in [5.74, 6) is 0.621. The van der Waals surface area contributed by atoms with Gasteiger partial charge < -0.3 is 0 Å². The maximum Gasteiger partial charge on any atom is 0.175 e. The average molecular weight is 385 g/mol. The van der Waals surface area contributed by atoms with Crippen LogP contribution in [0.5, 0.6) is 0 Å². The van der Waals surface area contributed by atoms with Crippen LogP contribution in [0.3, 0.4) is 0 Å². The smallest absolute Gasteiger partial charge is 0.175 e. The third kappa shape index (κ3) is 2.86. The fourth-order valence-corrected chi connectivity index (χ4v) is 7.16. The van der Waals surface area contributed by atoms with Gasteiger partial charge in [0.25, 0.3) is 0 Å². The molecule has 4 saturated heterocycles. The average Bonchev–Trinajstić information content (AvgIpc) is 3.30. The first-order valence-corrected chi connectivity index (χ1v) is 11.9. The van der Waals surface area contributed by atoms with Crippen molar-refractivity contribution in [1.82, 2.24) is 10.6 Å². The molecule has 0 aliphatic carbocycles. The Morgan fingerprint density at radius 2 is 1.11 bits per heavy atom. The Bertz CT molecular complexity index is 703. The van der Waals surface area contributed by atoms with Crippen molar-refractivity contribution in [3.8, 4) is 0 Å². The van der Waals surface area contributed by atoms with Crippen molar-refractivity contribution < 1.29 is 9.59 Å². The van der Waals surface area contributed by atoms with E-state index >= 15 is 0 Å². The van der Waals surface area contributed by atoms with E-state index in [4.69, 9.17) is 0 Å². The molecule has 4 heteroatoms. The molecule has 2 N–H and O–H groups in total. The number of carbonyl (C=O) groups is 2. The first kappa shape index (κ1) is 19.0. The van der Waals surface area contributed by atoms with Crippen LogP contribution < -0.4 is 10.6 Å². The molecule has 4 atom stereocenters. The van der Waals surface area contributed by atoms with E-state index in [2.05, 4.69) is 16.7 Å². The van der Waals surface area contributed by atoms with Crippen LogP contribution in [0.2, 0.25) is 0 Å². The van der Waals surface area contributed by atoms with E-state index in [1.165, 1.54) is 32.1 Å². The van der Waals surface area contributed by atoms with Crippen molar-refractivity contribution in [2.45, 2.75) is 125 Å². The van der Waals surface area contributed by atoms with Crippen LogP contribution in [-0.4, -0.2) is 33.7 Å². The molecule has 0 aromatic carbocycles. The summed E-state index contributed by atoms with van der Waals surface area (Å²) in [6, 6.07) is 0. The molecule has 5 rings (SSSR count). The van der Waals surface area contributed by atoms with Crippen molar-refractivity contribution in [2.75, 3.05) is 0 Å². The molecule has 5 aliphatic rings. The van der Waals surface area contributed by atoms with Gasteiger partial charge >= 0.3 is 0 Å². The lowest BCUT2D eigenvalue weighted by Crippen LogP contribution is -2.67. The monoisotopic (exact) mass is 384 g/mol. The van der Waals surface area contributed by atoms with Crippen LogP contribution in [-0.2, 0) is 9.59 Å². The fourth-order valence-electron chi connectivity index (χ4n) is 7.16. The van der Waals surface area contributed by atoms with E-state index in [9.17, 15) is 9.59 Å². The Hall–Kier alpha value is -1.00. The first-order valence-electron chi connectivity index (χ1n) is 11.9. The predicted octanol–water partition coefficient (Wildman–Crippen LogP) is 4.12. The number of carbonyl (C=O) groups excluding carboxylic acids is 2. The zero-order chi connectivity index (χ0) is 19.3. The second kappa shape index (κ2) is 6.77. The predicted molar refractivity (Wildman–Crippen MR) is 110 cm³/mol. The third-order valence-corrected chi connectivity index (χ3v) is 8.77. The van der Waals surface area contributed by atoms with E-state index in [-0.39, 0.29) is 11.3 Å². The number of hydrogen-bond donors (Lipinski definition) is 2. The van der Waals surface area contributed by atoms with Crippen molar-refractivity contribution in [2.24, 2.45) is 0 Å². The van der Waals surface area contributed by atoms with Crippen molar-refractivity contribution in [1.29, 1.82) is 0 Å². The quantitative estimate of drug-likeness (QED) is 0.659. The molecule has 0 spiro atoms. The number of nitrogens with one attached hydrogen (secondary N) is 2. The second-order valence-electron chi connectivity index (χ2n) is 10.5. The molecule has 0 aromatic rings. The summed E-state index contributed by atoms with van der Waals surface area (Å²) in [5.41, 5.74) is -1.56. The van der Waals surface area contributed by atoms with Crippen LogP contribution >= 0.6 is 0 Å². The maximum absolute atomic E-state index is 14.3. The lowest BCUT2D eigenvalue weighted by Gasteiger charge is -2.42. The summed E-state index contributed by atoms with van der Waals surface area (Å²) in [5, 5.41) is 7.67. The van der Waals surface area contributed by atoms with Gasteiger partial charge in [-0.15, -0.1) is 0 Å². The molecule has 0 radical (unpaired) electrons. The third-order valence-electron chi connectivity index (χ3n) is 8.77. The van der Waals surface area contributed by atoms with Crippen LogP contribution in [0.4, 0.5) is 0 Å². The highest BCUT2D eigenvalue weighted by Gasteiger charge is 2.61. The van der Waals surface area contributed by atoms with E-state index in [1.54, 1.807) is 0 Å². The summed E-state index contributed by atoms with van der Waals surface area (Å²) >= 11 is 0. The van der Waals surface area contributed by atoms with Gasteiger partial charge in [-0.1, -0.05) is 57.4 Å². The lowest BCUT2D eigenvalue weighted by molar-refractivity contribution is -0.133. The van der Waals surface area contributed by atoms with Crippen LogP contribution in [0.25, 0.3) is 0 Å². The van der Waals surface area contributed by atoms with Crippen molar-refractivity contribution in [3.05, 3.63) is 12.2 Å². The molecule has 0 aromatic heterocycles. The minimum Gasteiger partial charge on any atom is -0.296 e. The number of Topliss-reactive ketones (excluding diaryl/α,β-unsaturated/α-hetero) is 1. The van der Waals surface area contributed by atoms with Crippen molar-refractivity contribution >= 4 is 11.6 Å². The van der Waals surface area contributed by atoms with Gasteiger partial charge in [0.05, 0.1) is 16.6 Å². The summed E-state index contributed by atoms with van der Waals surface area (Å²) < 4.78 is 0. The molecule has 28 heavy (non-hydrogen) atoms. The van der Waals surface area contributed by atoms with Crippen molar-refractivity contribution in [3.63, 3.8) is 0 Å². The largest absolute Gasteiger partial charge is 0.296 e. The number of hydrogen-bond acceptors (Lipinski definition) is 4. The second-order valence-corrected chi connectivity index (χ2v) is 10.5. The molecule has 4 bridgehead atoms. The minimum absolute atomic E-state index is 0.158. The van der Waals surface area contributed by atoms with Crippen LogP contribution in [0, 0.1) is 0 Å². The molecular formula is C24H36N2O2.